The quantitative estimate of drug-likeness (QED) is 0.684. The number of anilines is 2. The molecule has 1 aliphatic heterocycles. The Labute approximate surface area is 144 Å². The van der Waals surface area contributed by atoms with E-state index in [0.29, 0.717) is 16.8 Å². The molecule has 7 heteroatoms. The van der Waals surface area contributed by atoms with E-state index in [2.05, 4.69) is 25.2 Å². The number of hydrogen-bond acceptors (Lipinski definition) is 4. The molecule has 3 N–H and O–H groups in total. The van der Waals surface area contributed by atoms with Crippen molar-refractivity contribution in [3.63, 3.8) is 0 Å². The summed E-state index contributed by atoms with van der Waals surface area (Å²) in [6, 6.07) is 7.09. The Kier molecular flexibility index (Phi) is 3.97. The van der Waals surface area contributed by atoms with Crippen LogP contribution in [0.1, 0.15) is 29.6 Å². The number of aromatic nitrogens is 3. The van der Waals surface area contributed by atoms with E-state index in [1.165, 1.54) is 6.42 Å². The highest BCUT2D eigenvalue weighted by Crippen LogP contribution is 2.32. The number of amides is 1. The minimum Gasteiger partial charge on any atom is -0.370 e. The third-order valence-corrected chi connectivity index (χ3v) is 4.52. The first-order valence-corrected chi connectivity index (χ1v) is 8.43. The number of H-pyrrole nitrogens is 2. The number of aromatic amines is 2. The van der Waals surface area contributed by atoms with Crippen molar-refractivity contribution >= 4 is 28.3 Å². The number of rotatable bonds is 3. The molecule has 0 atom stereocenters. The summed E-state index contributed by atoms with van der Waals surface area (Å²) in [6.07, 6.45) is 6.65. The Bertz CT molecular complexity index is 955. The van der Waals surface area contributed by atoms with Crippen LogP contribution in [0.3, 0.4) is 0 Å². The zero-order chi connectivity index (χ0) is 17.2. The second-order valence-corrected chi connectivity index (χ2v) is 6.23. The SMILES string of the molecule is O=C(Nc1cc2[nH]c(=O)[nH]c2cc1N1CCCCC1)c1ccncc1. The summed E-state index contributed by atoms with van der Waals surface area (Å²) in [4.78, 5) is 35.9. The van der Waals surface area contributed by atoms with Crippen molar-refractivity contribution in [1.29, 1.82) is 0 Å². The zero-order valence-corrected chi connectivity index (χ0v) is 13.7. The molecule has 0 unspecified atom stereocenters. The highest BCUT2D eigenvalue weighted by Gasteiger charge is 2.18. The largest absolute Gasteiger partial charge is 0.370 e. The molecule has 3 aromatic rings. The second-order valence-electron chi connectivity index (χ2n) is 6.23. The second kappa shape index (κ2) is 6.43. The molecule has 0 aliphatic carbocycles. The van der Waals surface area contributed by atoms with Gasteiger partial charge in [-0.05, 0) is 43.5 Å². The van der Waals surface area contributed by atoms with Crippen LogP contribution in [0.5, 0.6) is 0 Å². The number of carbonyl (C=O) groups is 1. The number of piperidine rings is 1. The maximum Gasteiger partial charge on any atom is 0.323 e. The molecule has 0 saturated carbocycles. The van der Waals surface area contributed by atoms with E-state index in [9.17, 15) is 9.59 Å². The molecule has 0 radical (unpaired) electrons. The summed E-state index contributed by atoms with van der Waals surface area (Å²) in [6.45, 7) is 1.89. The number of pyridine rings is 1. The first kappa shape index (κ1) is 15.4. The molecule has 2 aromatic heterocycles. The van der Waals surface area contributed by atoms with Crippen molar-refractivity contribution in [3.05, 3.63) is 52.7 Å². The fourth-order valence-electron chi connectivity index (χ4n) is 3.27. The van der Waals surface area contributed by atoms with Crippen LogP contribution >= 0.6 is 0 Å². The summed E-state index contributed by atoms with van der Waals surface area (Å²) in [5.41, 5.74) is 3.35. The van der Waals surface area contributed by atoms with Gasteiger partial charge in [0.2, 0.25) is 0 Å². The highest BCUT2D eigenvalue weighted by molar-refractivity contribution is 6.07. The van der Waals surface area contributed by atoms with Crippen LogP contribution < -0.4 is 15.9 Å². The minimum absolute atomic E-state index is 0.196. The summed E-state index contributed by atoms with van der Waals surface area (Å²) in [5, 5.41) is 2.98. The summed E-state index contributed by atoms with van der Waals surface area (Å²) in [7, 11) is 0. The van der Waals surface area contributed by atoms with Crippen LogP contribution in [0.4, 0.5) is 11.4 Å². The molecule has 3 heterocycles. The van der Waals surface area contributed by atoms with Crippen LogP contribution in [0.15, 0.2) is 41.5 Å². The molecule has 128 valence electrons. The number of imidazole rings is 1. The average Bonchev–Trinajstić information content (AvgIpc) is 3.01. The predicted molar refractivity (Wildman–Crippen MR) is 97.2 cm³/mol. The lowest BCUT2D eigenvalue weighted by atomic mass is 10.1. The molecule has 1 saturated heterocycles. The van der Waals surface area contributed by atoms with Gasteiger partial charge in [0.15, 0.2) is 0 Å². The van der Waals surface area contributed by atoms with Crippen LogP contribution in [0, 0.1) is 0 Å². The van der Waals surface area contributed by atoms with Gasteiger partial charge in [0, 0.05) is 31.0 Å². The average molecular weight is 337 g/mol. The zero-order valence-electron chi connectivity index (χ0n) is 13.7. The number of nitrogens with zero attached hydrogens (tertiary/aromatic N) is 2. The lowest BCUT2D eigenvalue weighted by molar-refractivity contribution is 0.102. The van der Waals surface area contributed by atoms with E-state index in [1.807, 2.05) is 12.1 Å². The van der Waals surface area contributed by atoms with E-state index in [0.717, 1.165) is 37.1 Å². The van der Waals surface area contributed by atoms with Gasteiger partial charge in [-0.1, -0.05) is 0 Å². The van der Waals surface area contributed by atoms with Gasteiger partial charge in [-0.3, -0.25) is 9.78 Å². The Balaban J connectivity index is 1.74. The lowest BCUT2D eigenvalue weighted by Crippen LogP contribution is -2.30. The first-order valence-electron chi connectivity index (χ1n) is 8.43. The van der Waals surface area contributed by atoms with Crippen LogP contribution in [0.25, 0.3) is 11.0 Å². The Hall–Kier alpha value is -3.09. The Morgan fingerprint density at radius 3 is 2.44 bits per heavy atom. The summed E-state index contributed by atoms with van der Waals surface area (Å²) in [5.74, 6) is -0.196. The van der Waals surface area contributed by atoms with Gasteiger partial charge >= 0.3 is 5.69 Å². The normalized spacial score (nSPS) is 14.6. The molecular weight excluding hydrogens is 318 g/mol. The third kappa shape index (κ3) is 3.13. The van der Waals surface area contributed by atoms with Gasteiger partial charge in [0.05, 0.1) is 22.4 Å². The van der Waals surface area contributed by atoms with Crippen molar-refractivity contribution in [2.75, 3.05) is 23.3 Å². The molecule has 25 heavy (non-hydrogen) atoms. The topological polar surface area (TPSA) is 93.9 Å². The van der Waals surface area contributed by atoms with Crippen molar-refractivity contribution in [1.82, 2.24) is 15.0 Å². The van der Waals surface area contributed by atoms with E-state index in [4.69, 9.17) is 0 Å². The van der Waals surface area contributed by atoms with Crippen molar-refractivity contribution in [3.8, 4) is 0 Å². The number of hydrogen-bond donors (Lipinski definition) is 3. The monoisotopic (exact) mass is 337 g/mol. The number of nitrogens with one attached hydrogen (secondary N) is 3. The third-order valence-electron chi connectivity index (χ3n) is 4.52. The molecule has 1 aliphatic rings. The standard InChI is InChI=1S/C18H19N5O2/c24-17(12-4-6-19-7-5-12)20-15-10-13-14(22-18(25)21-13)11-16(15)23-8-2-1-3-9-23/h4-7,10-11H,1-3,8-9H2,(H,20,24)(H2,21,22,25). The molecule has 0 bridgehead atoms. The fraction of sp³-hybridized carbons (Fsp3) is 0.278. The molecule has 1 fully saturated rings. The molecular formula is C18H19N5O2. The fourth-order valence-corrected chi connectivity index (χ4v) is 3.27. The van der Waals surface area contributed by atoms with Crippen molar-refractivity contribution in [2.45, 2.75) is 19.3 Å². The Morgan fingerprint density at radius 2 is 1.72 bits per heavy atom. The Morgan fingerprint density at radius 1 is 1.04 bits per heavy atom. The number of fused-ring (bicyclic) bond motifs is 1. The molecule has 1 aromatic carbocycles. The van der Waals surface area contributed by atoms with Crippen molar-refractivity contribution in [2.24, 2.45) is 0 Å². The maximum absolute atomic E-state index is 12.6. The molecule has 4 rings (SSSR count). The van der Waals surface area contributed by atoms with Crippen LogP contribution in [-0.2, 0) is 0 Å². The number of benzene rings is 1. The molecule has 0 spiro atoms. The summed E-state index contributed by atoms with van der Waals surface area (Å²) < 4.78 is 0. The minimum atomic E-state index is -0.253. The van der Waals surface area contributed by atoms with E-state index >= 15 is 0 Å². The van der Waals surface area contributed by atoms with Gasteiger partial charge in [-0.2, -0.15) is 0 Å². The van der Waals surface area contributed by atoms with Crippen molar-refractivity contribution < 1.29 is 4.79 Å². The van der Waals surface area contributed by atoms with Gasteiger partial charge in [0.25, 0.3) is 5.91 Å². The molecule has 7 nitrogen and oxygen atoms in total. The predicted octanol–water partition coefficient (Wildman–Crippen LogP) is 2.49. The maximum atomic E-state index is 12.6. The van der Waals surface area contributed by atoms with E-state index in [1.54, 1.807) is 24.5 Å². The summed E-state index contributed by atoms with van der Waals surface area (Å²) >= 11 is 0. The van der Waals surface area contributed by atoms with Gasteiger partial charge in [0.1, 0.15) is 0 Å². The van der Waals surface area contributed by atoms with E-state index in [-0.39, 0.29) is 11.6 Å². The van der Waals surface area contributed by atoms with Crippen LogP contribution in [-0.4, -0.2) is 33.9 Å². The van der Waals surface area contributed by atoms with Gasteiger partial charge in [-0.15, -0.1) is 0 Å². The first-order chi connectivity index (χ1) is 12.2. The smallest absolute Gasteiger partial charge is 0.323 e. The van der Waals surface area contributed by atoms with Gasteiger partial charge in [-0.25, -0.2) is 4.79 Å². The highest BCUT2D eigenvalue weighted by atomic mass is 16.2. The van der Waals surface area contributed by atoms with Crippen LogP contribution in [0.2, 0.25) is 0 Å². The number of carbonyl (C=O) groups excluding carboxylic acids is 1. The molecule has 1 amide bonds. The van der Waals surface area contributed by atoms with E-state index < -0.39 is 0 Å². The lowest BCUT2D eigenvalue weighted by Gasteiger charge is -2.30. The van der Waals surface area contributed by atoms with Gasteiger partial charge < -0.3 is 20.2 Å².